The van der Waals surface area contributed by atoms with Gasteiger partial charge < -0.3 is 15.3 Å². The van der Waals surface area contributed by atoms with Crippen LogP contribution < -0.4 is 10.2 Å². The summed E-state index contributed by atoms with van der Waals surface area (Å²) < 4.78 is 0. The van der Waals surface area contributed by atoms with Crippen LogP contribution in [0.3, 0.4) is 0 Å². The Balaban J connectivity index is 1.60. The molecule has 0 bridgehead atoms. The van der Waals surface area contributed by atoms with Gasteiger partial charge in [0, 0.05) is 24.3 Å². The molecule has 0 radical (unpaired) electrons. The third-order valence-corrected chi connectivity index (χ3v) is 3.84. The van der Waals surface area contributed by atoms with E-state index in [2.05, 4.69) is 5.32 Å². The molecule has 0 spiro atoms. The number of anilines is 2. The molecule has 1 saturated heterocycles. The molecule has 1 heterocycles. The molecule has 0 atom stereocenters. The first-order chi connectivity index (χ1) is 11.1. The molecular formula is C18H18N2O3. The van der Waals surface area contributed by atoms with Crippen molar-refractivity contribution < 1.29 is 14.7 Å². The molecule has 5 nitrogen and oxygen atoms in total. The second kappa shape index (κ2) is 6.52. The standard InChI is InChI=1S/C18H18N2O3/c21-16-9-3-13(4-10-16)12-17(22)19-14-5-7-15(8-6-14)20-11-1-2-18(20)23/h3-10,21H,1-2,11-12H2,(H,19,22). The number of phenols is 1. The minimum absolute atomic E-state index is 0.124. The molecule has 2 aromatic carbocycles. The van der Waals surface area contributed by atoms with Gasteiger partial charge in [0.2, 0.25) is 11.8 Å². The molecule has 5 heteroatoms. The van der Waals surface area contributed by atoms with Crippen molar-refractivity contribution >= 4 is 23.2 Å². The Morgan fingerprint density at radius 1 is 1.09 bits per heavy atom. The van der Waals surface area contributed by atoms with Gasteiger partial charge >= 0.3 is 0 Å². The zero-order valence-electron chi connectivity index (χ0n) is 12.7. The molecule has 0 saturated carbocycles. The van der Waals surface area contributed by atoms with Gasteiger partial charge in [0.1, 0.15) is 5.75 Å². The molecule has 118 valence electrons. The second-order valence-corrected chi connectivity index (χ2v) is 5.59. The van der Waals surface area contributed by atoms with E-state index >= 15 is 0 Å². The Hall–Kier alpha value is -2.82. The molecule has 0 aromatic heterocycles. The van der Waals surface area contributed by atoms with Crippen LogP contribution in [-0.2, 0) is 16.0 Å². The Bertz CT molecular complexity index is 708. The van der Waals surface area contributed by atoms with Crippen LogP contribution in [0.25, 0.3) is 0 Å². The summed E-state index contributed by atoms with van der Waals surface area (Å²) in [5.41, 5.74) is 2.40. The smallest absolute Gasteiger partial charge is 0.228 e. The van der Waals surface area contributed by atoms with Gasteiger partial charge in [-0.2, -0.15) is 0 Å². The van der Waals surface area contributed by atoms with E-state index in [1.165, 1.54) is 0 Å². The summed E-state index contributed by atoms with van der Waals surface area (Å²) in [5, 5.41) is 12.1. The maximum atomic E-state index is 12.0. The average Bonchev–Trinajstić information content (AvgIpc) is 2.96. The van der Waals surface area contributed by atoms with Crippen molar-refractivity contribution in [3.05, 3.63) is 54.1 Å². The fourth-order valence-electron chi connectivity index (χ4n) is 2.65. The first kappa shape index (κ1) is 15.1. The topological polar surface area (TPSA) is 69.6 Å². The molecule has 2 N–H and O–H groups in total. The zero-order valence-corrected chi connectivity index (χ0v) is 12.7. The van der Waals surface area contributed by atoms with Crippen molar-refractivity contribution in [2.75, 3.05) is 16.8 Å². The van der Waals surface area contributed by atoms with Crippen LogP contribution in [0.4, 0.5) is 11.4 Å². The van der Waals surface area contributed by atoms with Crippen molar-refractivity contribution in [2.45, 2.75) is 19.3 Å². The van der Waals surface area contributed by atoms with Crippen LogP contribution in [0.5, 0.6) is 5.75 Å². The van der Waals surface area contributed by atoms with Gasteiger partial charge in [-0.1, -0.05) is 12.1 Å². The summed E-state index contributed by atoms with van der Waals surface area (Å²) in [4.78, 5) is 25.5. The Morgan fingerprint density at radius 2 is 1.78 bits per heavy atom. The maximum Gasteiger partial charge on any atom is 0.228 e. The predicted octanol–water partition coefficient (Wildman–Crippen LogP) is 2.70. The summed E-state index contributed by atoms with van der Waals surface area (Å²) in [6.07, 6.45) is 1.74. The van der Waals surface area contributed by atoms with Gasteiger partial charge in [-0.25, -0.2) is 0 Å². The molecule has 0 unspecified atom stereocenters. The maximum absolute atomic E-state index is 12.0. The third-order valence-electron chi connectivity index (χ3n) is 3.84. The number of hydrogen-bond donors (Lipinski definition) is 2. The first-order valence-corrected chi connectivity index (χ1v) is 7.60. The number of benzene rings is 2. The highest BCUT2D eigenvalue weighted by atomic mass is 16.3. The highest BCUT2D eigenvalue weighted by molar-refractivity contribution is 5.96. The Morgan fingerprint density at radius 3 is 2.39 bits per heavy atom. The summed E-state index contributed by atoms with van der Waals surface area (Å²) >= 11 is 0. The number of aromatic hydroxyl groups is 1. The van der Waals surface area contributed by atoms with E-state index in [0.29, 0.717) is 12.1 Å². The molecular weight excluding hydrogens is 292 g/mol. The summed E-state index contributed by atoms with van der Waals surface area (Å²) in [6.45, 7) is 0.755. The lowest BCUT2D eigenvalue weighted by atomic mass is 10.1. The van der Waals surface area contributed by atoms with Gasteiger partial charge in [-0.05, 0) is 48.4 Å². The van der Waals surface area contributed by atoms with Crippen molar-refractivity contribution in [3.63, 3.8) is 0 Å². The lowest BCUT2D eigenvalue weighted by Crippen LogP contribution is -2.23. The van der Waals surface area contributed by atoms with Gasteiger partial charge in [0.05, 0.1) is 6.42 Å². The largest absolute Gasteiger partial charge is 0.508 e. The molecule has 1 aliphatic rings. The van der Waals surface area contributed by atoms with E-state index in [1.54, 1.807) is 41.3 Å². The lowest BCUT2D eigenvalue weighted by Gasteiger charge is -2.16. The molecule has 1 fully saturated rings. The van der Waals surface area contributed by atoms with E-state index < -0.39 is 0 Å². The van der Waals surface area contributed by atoms with Crippen LogP contribution in [-0.4, -0.2) is 23.5 Å². The molecule has 1 aliphatic heterocycles. The van der Waals surface area contributed by atoms with E-state index in [0.717, 1.165) is 24.2 Å². The quantitative estimate of drug-likeness (QED) is 0.912. The molecule has 2 aromatic rings. The van der Waals surface area contributed by atoms with E-state index in [1.807, 2.05) is 12.1 Å². The highest BCUT2D eigenvalue weighted by Gasteiger charge is 2.21. The number of carbonyl (C=O) groups is 2. The van der Waals surface area contributed by atoms with Gasteiger partial charge in [0.25, 0.3) is 0 Å². The zero-order chi connectivity index (χ0) is 16.2. The number of phenolic OH excluding ortho intramolecular Hbond substituents is 1. The second-order valence-electron chi connectivity index (χ2n) is 5.59. The SMILES string of the molecule is O=C(Cc1ccc(O)cc1)Nc1ccc(N2CCCC2=O)cc1. The normalized spacial score (nSPS) is 14.1. The lowest BCUT2D eigenvalue weighted by molar-refractivity contribution is -0.117. The van der Waals surface area contributed by atoms with Crippen LogP contribution in [0.15, 0.2) is 48.5 Å². The van der Waals surface area contributed by atoms with Gasteiger partial charge in [-0.15, -0.1) is 0 Å². The number of carbonyl (C=O) groups excluding carboxylic acids is 2. The predicted molar refractivity (Wildman–Crippen MR) is 88.5 cm³/mol. The minimum Gasteiger partial charge on any atom is -0.508 e. The van der Waals surface area contributed by atoms with Crippen molar-refractivity contribution in [1.29, 1.82) is 0 Å². The molecule has 3 rings (SSSR count). The van der Waals surface area contributed by atoms with E-state index in [9.17, 15) is 14.7 Å². The summed E-state index contributed by atoms with van der Waals surface area (Å²) in [7, 11) is 0. The van der Waals surface area contributed by atoms with Crippen LogP contribution >= 0.6 is 0 Å². The molecule has 2 amide bonds. The number of hydrogen-bond acceptors (Lipinski definition) is 3. The van der Waals surface area contributed by atoms with Crippen LogP contribution in [0.1, 0.15) is 18.4 Å². The molecule has 0 aliphatic carbocycles. The Kier molecular flexibility index (Phi) is 4.28. The van der Waals surface area contributed by atoms with Crippen LogP contribution in [0, 0.1) is 0 Å². The van der Waals surface area contributed by atoms with Crippen molar-refractivity contribution in [3.8, 4) is 5.75 Å². The highest BCUT2D eigenvalue weighted by Crippen LogP contribution is 2.23. The third kappa shape index (κ3) is 3.69. The number of nitrogens with one attached hydrogen (secondary N) is 1. The van der Waals surface area contributed by atoms with Gasteiger partial charge in [-0.3, -0.25) is 9.59 Å². The fourth-order valence-corrected chi connectivity index (χ4v) is 2.65. The Labute approximate surface area is 134 Å². The number of rotatable bonds is 4. The van der Waals surface area contributed by atoms with Crippen molar-refractivity contribution in [2.24, 2.45) is 0 Å². The van der Waals surface area contributed by atoms with Crippen molar-refractivity contribution in [1.82, 2.24) is 0 Å². The average molecular weight is 310 g/mol. The van der Waals surface area contributed by atoms with Gasteiger partial charge in [0.15, 0.2) is 0 Å². The first-order valence-electron chi connectivity index (χ1n) is 7.60. The van der Waals surface area contributed by atoms with E-state index in [-0.39, 0.29) is 24.0 Å². The fraction of sp³-hybridized carbons (Fsp3) is 0.222. The van der Waals surface area contributed by atoms with E-state index in [4.69, 9.17) is 0 Å². The molecule has 23 heavy (non-hydrogen) atoms. The number of nitrogens with zero attached hydrogens (tertiary/aromatic N) is 1. The number of amides is 2. The van der Waals surface area contributed by atoms with Crippen LogP contribution in [0.2, 0.25) is 0 Å². The summed E-state index contributed by atoms with van der Waals surface area (Å²) in [6, 6.07) is 13.9. The monoisotopic (exact) mass is 310 g/mol. The summed E-state index contributed by atoms with van der Waals surface area (Å²) in [5.74, 6) is 0.205. The minimum atomic E-state index is -0.124.